The number of carboxylic acids is 1. The summed E-state index contributed by atoms with van der Waals surface area (Å²) in [4.78, 5) is 18.2. The van der Waals surface area contributed by atoms with Gasteiger partial charge < -0.3 is 19.5 Å². The van der Waals surface area contributed by atoms with Crippen LogP contribution in [0.4, 0.5) is 0 Å². The van der Waals surface area contributed by atoms with Gasteiger partial charge in [0.25, 0.3) is 0 Å². The molecule has 1 aliphatic rings. The molecule has 1 unspecified atom stereocenters. The second-order valence-electron chi connectivity index (χ2n) is 8.81. The number of carboxylic acid groups (broad SMARTS) is 1. The van der Waals surface area contributed by atoms with Gasteiger partial charge in [-0.2, -0.15) is 4.31 Å². The maximum Gasteiger partial charge on any atom is 0.326 e. The Bertz CT molecular complexity index is 1370. The molecule has 0 saturated carbocycles. The van der Waals surface area contributed by atoms with Crippen LogP contribution in [0.5, 0.6) is 11.5 Å². The van der Waals surface area contributed by atoms with E-state index in [-0.39, 0.29) is 11.3 Å². The summed E-state index contributed by atoms with van der Waals surface area (Å²) >= 11 is 0. The van der Waals surface area contributed by atoms with Gasteiger partial charge in [-0.3, -0.25) is 4.99 Å². The van der Waals surface area contributed by atoms with Crippen molar-refractivity contribution in [1.82, 2.24) is 9.21 Å². The van der Waals surface area contributed by atoms with Crippen LogP contribution in [0.2, 0.25) is 0 Å². The first-order valence-corrected chi connectivity index (χ1v) is 13.6. The first-order valence-electron chi connectivity index (χ1n) is 12.1. The molecule has 1 saturated heterocycles. The summed E-state index contributed by atoms with van der Waals surface area (Å²) in [6, 6.07) is 20.2. The zero-order valence-corrected chi connectivity index (χ0v) is 22.3. The van der Waals surface area contributed by atoms with E-state index in [1.54, 1.807) is 32.4 Å². The van der Waals surface area contributed by atoms with E-state index < -0.39 is 28.2 Å². The third-order valence-electron chi connectivity index (χ3n) is 6.63. The highest BCUT2D eigenvalue weighted by atomic mass is 32.2. The van der Waals surface area contributed by atoms with E-state index in [0.29, 0.717) is 24.5 Å². The third kappa shape index (κ3) is 5.36. The highest BCUT2D eigenvalue weighted by Crippen LogP contribution is 2.38. The van der Waals surface area contributed by atoms with Crippen molar-refractivity contribution in [2.45, 2.75) is 29.9 Å². The van der Waals surface area contributed by atoms with Crippen molar-refractivity contribution in [3.05, 3.63) is 78.4 Å². The molecule has 1 heterocycles. The fraction of sp³-hybridized carbons (Fsp3) is 0.286. The number of sulfonamides is 1. The molecule has 9 nitrogen and oxygen atoms in total. The number of methoxy groups -OCH3 is 2. The Morgan fingerprint density at radius 1 is 1.05 bits per heavy atom. The van der Waals surface area contributed by atoms with Crippen molar-refractivity contribution in [2.24, 2.45) is 4.99 Å². The second-order valence-corrected chi connectivity index (χ2v) is 10.7. The molecule has 1 fully saturated rings. The maximum atomic E-state index is 13.2. The molecule has 3 aromatic rings. The van der Waals surface area contributed by atoms with Crippen molar-refractivity contribution in [1.29, 1.82) is 0 Å². The van der Waals surface area contributed by atoms with E-state index in [9.17, 15) is 18.3 Å². The van der Waals surface area contributed by atoms with Crippen LogP contribution in [0, 0.1) is 0 Å². The van der Waals surface area contributed by atoms with Gasteiger partial charge in [-0.05, 0) is 41.8 Å². The Balaban J connectivity index is 1.60. The highest BCUT2D eigenvalue weighted by Gasteiger charge is 2.44. The molecule has 0 bridgehead atoms. The molecule has 1 N–H and O–H groups in total. The minimum atomic E-state index is -3.78. The Morgan fingerprint density at radius 3 is 2.18 bits per heavy atom. The standard InChI is InChI=1S/C28H31N3O6S/c1-29-19-30(26-16-17-31(26)38(34,35)22-8-5-4-6-9-22)23(28(32)33)18-20-12-14-21(15-13-20)27-24(36-2)10-7-11-25(27)37-3/h4-15,19,23,26H,16-18H2,1-3H3,(H,32,33)/t23-,26?/m0/s1. The Morgan fingerprint density at radius 2 is 1.68 bits per heavy atom. The van der Waals surface area contributed by atoms with Gasteiger partial charge in [0, 0.05) is 20.0 Å². The Kier molecular flexibility index (Phi) is 8.33. The SMILES string of the molecule is CN=CN(C1CCN1S(=O)(=O)c1ccccc1)[C@@H](Cc1ccc(-c2c(OC)cccc2OC)cc1)C(=O)O. The van der Waals surface area contributed by atoms with Crippen LogP contribution < -0.4 is 9.47 Å². The van der Waals surface area contributed by atoms with E-state index in [1.165, 1.54) is 34.7 Å². The average molecular weight is 538 g/mol. The molecule has 1 aliphatic heterocycles. The van der Waals surface area contributed by atoms with E-state index in [0.717, 1.165) is 16.7 Å². The lowest BCUT2D eigenvalue weighted by Crippen LogP contribution is -2.63. The molecule has 0 aliphatic carbocycles. The van der Waals surface area contributed by atoms with Crippen molar-refractivity contribution in [3.63, 3.8) is 0 Å². The van der Waals surface area contributed by atoms with Gasteiger partial charge >= 0.3 is 5.97 Å². The van der Waals surface area contributed by atoms with Gasteiger partial charge in [-0.15, -0.1) is 0 Å². The maximum absolute atomic E-state index is 13.2. The Labute approximate surface area is 223 Å². The van der Waals surface area contributed by atoms with E-state index in [2.05, 4.69) is 4.99 Å². The summed E-state index contributed by atoms with van der Waals surface area (Å²) in [6.07, 6.45) is 1.42. The van der Waals surface area contributed by atoms with Gasteiger partial charge in [0.1, 0.15) is 17.5 Å². The number of carbonyl (C=O) groups is 1. The summed E-state index contributed by atoms with van der Waals surface area (Å²) in [5.74, 6) is 0.260. The lowest BCUT2D eigenvalue weighted by Gasteiger charge is -2.47. The number of ether oxygens (including phenoxy) is 2. The zero-order valence-electron chi connectivity index (χ0n) is 21.5. The molecule has 0 spiro atoms. The summed E-state index contributed by atoms with van der Waals surface area (Å²) in [5.41, 5.74) is 2.44. The number of benzene rings is 3. The van der Waals surface area contributed by atoms with Crippen molar-refractivity contribution in [3.8, 4) is 22.6 Å². The molecule has 2 atom stereocenters. The van der Waals surface area contributed by atoms with Gasteiger partial charge in [-0.25, -0.2) is 13.2 Å². The molecule has 0 aromatic heterocycles. The molecular weight excluding hydrogens is 506 g/mol. The quantitative estimate of drug-likeness (QED) is 0.293. The summed E-state index contributed by atoms with van der Waals surface area (Å²) in [6.45, 7) is 0.303. The lowest BCUT2D eigenvalue weighted by atomic mass is 9.98. The minimum Gasteiger partial charge on any atom is -0.496 e. The largest absolute Gasteiger partial charge is 0.496 e. The second kappa shape index (κ2) is 11.7. The average Bonchev–Trinajstić information content (AvgIpc) is 2.91. The van der Waals surface area contributed by atoms with Gasteiger partial charge in [-0.1, -0.05) is 48.5 Å². The predicted octanol–water partition coefficient (Wildman–Crippen LogP) is 3.75. The third-order valence-corrected chi connectivity index (χ3v) is 8.54. The van der Waals surface area contributed by atoms with Crippen LogP contribution in [0.25, 0.3) is 11.1 Å². The molecular formula is C28H31N3O6S. The van der Waals surface area contributed by atoms with Gasteiger partial charge in [0.2, 0.25) is 10.0 Å². The summed E-state index contributed by atoms with van der Waals surface area (Å²) < 4.78 is 38.8. The number of aliphatic carboxylic acids is 1. The lowest BCUT2D eigenvalue weighted by molar-refractivity contribution is -0.144. The molecule has 0 radical (unpaired) electrons. The number of hydrogen-bond acceptors (Lipinski definition) is 6. The number of hydrogen-bond donors (Lipinski definition) is 1. The molecule has 38 heavy (non-hydrogen) atoms. The topological polar surface area (TPSA) is 109 Å². The zero-order chi connectivity index (χ0) is 27.3. The highest BCUT2D eigenvalue weighted by molar-refractivity contribution is 7.89. The van der Waals surface area contributed by atoms with Crippen LogP contribution in [0.15, 0.2) is 82.7 Å². The fourth-order valence-electron chi connectivity index (χ4n) is 4.64. The van der Waals surface area contributed by atoms with Crippen LogP contribution in [0.3, 0.4) is 0 Å². The first kappa shape index (κ1) is 27.2. The number of aliphatic imine (C=N–C) groups is 1. The van der Waals surface area contributed by atoms with Crippen LogP contribution in [0.1, 0.15) is 12.0 Å². The monoisotopic (exact) mass is 537 g/mol. The fourth-order valence-corrected chi connectivity index (χ4v) is 6.29. The van der Waals surface area contributed by atoms with Crippen LogP contribution in [-0.2, 0) is 21.2 Å². The van der Waals surface area contributed by atoms with E-state index in [4.69, 9.17) is 9.47 Å². The van der Waals surface area contributed by atoms with Crippen molar-refractivity contribution in [2.75, 3.05) is 27.8 Å². The normalized spacial score (nSPS) is 16.6. The minimum absolute atomic E-state index is 0.153. The van der Waals surface area contributed by atoms with Crippen LogP contribution in [-0.4, -0.2) is 75.1 Å². The van der Waals surface area contributed by atoms with Crippen molar-refractivity contribution >= 4 is 22.3 Å². The molecule has 3 aromatic carbocycles. The molecule has 10 heteroatoms. The number of rotatable bonds is 11. The first-order chi connectivity index (χ1) is 18.3. The molecule has 4 rings (SSSR count). The van der Waals surface area contributed by atoms with Crippen molar-refractivity contribution < 1.29 is 27.8 Å². The molecule has 200 valence electrons. The number of nitrogens with zero attached hydrogens (tertiary/aromatic N) is 3. The van der Waals surface area contributed by atoms with E-state index in [1.807, 2.05) is 42.5 Å². The van der Waals surface area contributed by atoms with Crippen LogP contribution >= 0.6 is 0 Å². The Hall–Kier alpha value is -3.89. The van der Waals surface area contributed by atoms with Gasteiger partial charge in [0.05, 0.1) is 37.2 Å². The summed E-state index contributed by atoms with van der Waals surface area (Å²) in [5, 5.41) is 10.2. The predicted molar refractivity (Wildman–Crippen MR) is 145 cm³/mol. The van der Waals surface area contributed by atoms with Gasteiger partial charge in [0.15, 0.2) is 0 Å². The smallest absolute Gasteiger partial charge is 0.326 e. The summed E-state index contributed by atoms with van der Waals surface area (Å²) in [7, 11) is 0.941. The van der Waals surface area contributed by atoms with E-state index >= 15 is 0 Å². The molecule has 0 amide bonds.